The van der Waals surface area contributed by atoms with Gasteiger partial charge in [-0.25, -0.2) is 9.78 Å². The molecule has 2 saturated carbocycles. The summed E-state index contributed by atoms with van der Waals surface area (Å²) in [6.07, 6.45) is 8.18. The highest BCUT2D eigenvalue weighted by Crippen LogP contribution is 2.34. The molecule has 226 valence electrons. The van der Waals surface area contributed by atoms with Gasteiger partial charge in [0.25, 0.3) is 11.5 Å². The molecule has 4 aromatic heterocycles. The standard InChI is InChI=1S/C29H34N8O6/c1-29(2,3)42-28(40)35(4)20-13-22(33-24-23(20)34-43-25(24)26(38)32-18-10-11-21(18)41-5)31-19-7-6-12-36(27(19)39)17-14-30-37(15-17)16-8-9-16/h6-7,12-16,18,21H,8-11H2,1-5H3,(H,31,33)(H,32,38)/t18-,21-/m1/s1. The number of fused-ring (bicyclic) bond motifs is 1. The fourth-order valence-electron chi connectivity index (χ4n) is 4.88. The SMILES string of the molecule is CO[C@@H]1CC[C@H]1NC(=O)c1onc2c(N(C)C(=O)OC(C)(C)C)cc(Nc3cccn(-c4cnn(C5CC5)c4)c3=O)nc12. The van der Waals surface area contributed by atoms with Crippen LogP contribution >= 0.6 is 0 Å². The van der Waals surface area contributed by atoms with E-state index in [1.54, 1.807) is 58.5 Å². The highest BCUT2D eigenvalue weighted by Gasteiger charge is 2.34. The number of amides is 2. The molecule has 0 saturated heterocycles. The first-order valence-corrected chi connectivity index (χ1v) is 14.2. The number of hydrogen-bond acceptors (Lipinski definition) is 10. The van der Waals surface area contributed by atoms with E-state index in [4.69, 9.17) is 14.0 Å². The first kappa shape index (κ1) is 28.4. The van der Waals surface area contributed by atoms with Crippen molar-refractivity contribution in [3.8, 4) is 5.69 Å². The minimum Gasteiger partial charge on any atom is -0.443 e. The van der Waals surface area contributed by atoms with Gasteiger partial charge in [-0.2, -0.15) is 5.10 Å². The minimum atomic E-state index is -0.753. The molecular weight excluding hydrogens is 556 g/mol. The Morgan fingerprint density at radius 1 is 1.16 bits per heavy atom. The summed E-state index contributed by atoms with van der Waals surface area (Å²) in [4.78, 5) is 45.6. The summed E-state index contributed by atoms with van der Waals surface area (Å²) in [5.74, 6) is -0.450. The third kappa shape index (κ3) is 5.69. The van der Waals surface area contributed by atoms with Crippen LogP contribution in [0, 0.1) is 0 Å². The van der Waals surface area contributed by atoms with Gasteiger partial charge >= 0.3 is 6.09 Å². The number of pyridine rings is 2. The average molecular weight is 591 g/mol. The Morgan fingerprint density at radius 2 is 1.95 bits per heavy atom. The Balaban J connectivity index is 1.37. The van der Waals surface area contributed by atoms with Crippen LogP contribution in [-0.2, 0) is 9.47 Å². The highest BCUT2D eigenvalue weighted by atomic mass is 16.6. The molecule has 2 atom stereocenters. The molecule has 0 aromatic carbocycles. The maximum absolute atomic E-state index is 13.5. The Morgan fingerprint density at radius 3 is 2.63 bits per heavy atom. The average Bonchev–Trinajstić information content (AvgIpc) is 3.52. The number of anilines is 3. The zero-order chi connectivity index (χ0) is 30.5. The van der Waals surface area contributed by atoms with Crippen molar-refractivity contribution in [1.82, 2.24) is 29.8 Å². The van der Waals surface area contributed by atoms with E-state index in [9.17, 15) is 14.4 Å². The van der Waals surface area contributed by atoms with Crippen molar-refractivity contribution in [2.45, 2.75) is 70.2 Å². The number of ether oxygens (including phenoxy) is 2. The molecule has 43 heavy (non-hydrogen) atoms. The molecule has 0 radical (unpaired) electrons. The van der Waals surface area contributed by atoms with Gasteiger partial charge < -0.3 is 24.6 Å². The van der Waals surface area contributed by atoms with Gasteiger partial charge in [-0.3, -0.25) is 23.7 Å². The molecule has 2 fully saturated rings. The van der Waals surface area contributed by atoms with E-state index in [1.807, 2.05) is 10.9 Å². The van der Waals surface area contributed by atoms with Crippen molar-refractivity contribution >= 4 is 40.2 Å². The van der Waals surface area contributed by atoms with Crippen LogP contribution in [0.15, 0.2) is 46.1 Å². The van der Waals surface area contributed by atoms with Crippen molar-refractivity contribution < 1.29 is 23.6 Å². The van der Waals surface area contributed by atoms with Crippen molar-refractivity contribution in [2.24, 2.45) is 0 Å². The van der Waals surface area contributed by atoms with Crippen LogP contribution in [0.25, 0.3) is 16.7 Å². The second-order valence-electron chi connectivity index (χ2n) is 11.8. The van der Waals surface area contributed by atoms with E-state index in [0.29, 0.717) is 11.7 Å². The molecular formula is C29H34N8O6. The number of nitrogens with one attached hydrogen (secondary N) is 2. The first-order chi connectivity index (χ1) is 20.5. The zero-order valence-electron chi connectivity index (χ0n) is 24.7. The van der Waals surface area contributed by atoms with Crippen molar-refractivity contribution in [3.05, 3.63) is 52.9 Å². The second-order valence-corrected chi connectivity index (χ2v) is 11.8. The Hall–Kier alpha value is -4.72. The molecule has 14 heteroatoms. The van der Waals surface area contributed by atoms with Crippen LogP contribution < -0.4 is 21.1 Å². The number of methoxy groups -OCH3 is 1. The van der Waals surface area contributed by atoms with Crippen LogP contribution in [0.4, 0.5) is 22.0 Å². The predicted octanol–water partition coefficient (Wildman–Crippen LogP) is 3.93. The van der Waals surface area contributed by atoms with Gasteiger partial charge in [0.1, 0.15) is 22.6 Å². The maximum atomic E-state index is 13.5. The van der Waals surface area contributed by atoms with E-state index in [-0.39, 0.29) is 51.7 Å². The van der Waals surface area contributed by atoms with Crippen molar-refractivity contribution in [3.63, 3.8) is 0 Å². The Bertz CT molecular complexity index is 1750. The quantitative estimate of drug-likeness (QED) is 0.308. The van der Waals surface area contributed by atoms with E-state index >= 15 is 0 Å². The molecule has 4 aromatic rings. The van der Waals surface area contributed by atoms with E-state index in [1.165, 1.54) is 16.5 Å². The summed E-state index contributed by atoms with van der Waals surface area (Å²) in [5.41, 5.74) is 0.334. The largest absolute Gasteiger partial charge is 0.443 e. The fraction of sp³-hybridized carbons (Fsp3) is 0.448. The molecule has 0 unspecified atom stereocenters. The Labute approximate surface area is 246 Å². The van der Waals surface area contributed by atoms with E-state index in [2.05, 4.69) is 25.9 Å². The summed E-state index contributed by atoms with van der Waals surface area (Å²) in [7, 11) is 3.12. The van der Waals surface area contributed by atoms with Crippen LogP contribution in [0.3, 0.4) is 0 Å². The summed E-state index contributed by atoms with van der Waals surface area (Å²) in [6.45, 7) is 5.28. The topological polar surface area (TPSA) is 159 Å². The van der Waals surface area contributed by atoms with Gasteiger partial charge in [0, 0.05) is 32.6 Å². The van der Waals surface area contributed by atoms with Gasteiger partial charge in [0.15, 0.2) is 5.52 Å². The second kappa shape index (κ2) is 10.8. The van der Waals surface area contributed by atoms with Gasteiger partial charge in [-0.1, -0.05) is 5.16 Å². The van der Waals surface area contributed by atoms with Gasteiger partial charge in [-0.15, -0.1) is 0 Å². The summed E-state index contributed by atoms with van der Waals surface area (Å²) < 4.78 is 19.8. The van der Waals surface area contributed by atoms with Gasteiger partial charge in [-0.05, 0) is 58.6 Å². The molecule has 4 heterocycles. The van der Waals surface area contributed by atoms with Gasteiger partial charge in [0.2, 0.25) is 5.76 Å². The smallest absolute Gasteiger partial charge is 0.414 e. The monoisotopic (exact) mass is 590 g/mol. The molecule has 0 spiro atoms. The lowest BCUT2D eigenvalue weighted by Gasteiger charge is -2.35. The van der Waals surface area contributed by atoms with Crippen LogP contribution in [0.2, 0.25) is 0 Å². The third-order valence-corrected chi connectivity index (χ3v) is 7.48. The summed E-state index contributed by atoms with van der Waals surface area (Å²) >= 11 is 0. The number of nitrogens with zero attached hydrogens (tertiary/aromatic N) is 6. The molecule has 2 amide bonds. The number of aromatic nitrogens is 5. The minimum absolute atomic E-state index is 0.0891. The lowest BCUT2D eigenvalue weighted by atomic mass is 9.89. The maximum Gasteiger partial charge on any atom is 0.414 e. The summed E-state index contributed by atoms with van der Waals surface area (Å²) in [5, 5.41) is 14.4. The molecule has 14 nitrogen and oxygen atoms in total. The van der Waals surface area contributed by atoms with E-state index in [0.717, 1.165) is 25.7 Å². The molecule has 0 bridgehead atoms. The van der Waals surface area contributed by atoms with Crippen LogP contribution in [0.5, 0.6) is 0 Å². The van der Waals surface area contributed by atoms with Crippen molar-refractivity contribution in [2.75, 3.05) is 24.4 Å². The molecule has 2 aliphatic carbocycles. The van der Waals surface area contributed by atoms with E-state index < -0.39 is 17.6 Å². The number of hydrogen-bond donors (Lipinski definition) is 2. The summed E-state index contributed by atoms with van der Waals surface area (Å²) in [6, 6.07) is 5.10. The predicted molar refractivity (Wildman–Crippen MR) is 157 cm³/mol. The van der Waals surface area contributed by atoms with Crippen LogP contribution in [-0.4, -0.2) is 68.4 Å². The Kier molecular flexibility index (Phi) is 7.16. The molecule has 6 rings (SSSR count). The number of rotatable bonds is 8. The lowest BCUT2D eigenvalue weighted by Crippen LogP contribution is -2.51. The first-order valence-electron chi connectivity index (χ1n) is 14.2. The van der Waals surface area contributed by atoms with Gasteiger partial charge in [0.05, 0.1) is 35.8 Å². The molecule has 2 N–H and O–H groups in total. The normalized spacial score (nSPS) is 18.3. The number of carbonyl (C=O) groups excluding carboxylic acids is 2. The molecule has 0 aliphatic heterocycles. The van der Waals surface area contributed by atoms with Crippen LogP contribution in [0.1, 0.15) is 63.1 Å². The number of carbonyl (C=O) groups is 2. The lowest BCUT2D eigenvalue weighted by molar-refractivity contribution is 0.00677. The third-order valence-electron chi connectivity index (χ3n) is 7.48. The van der Waals surface area contributed by atoms with Crippen molar-refractivity contribution in [1.29, 1.82) is 0 Å². The zero-order valence-corrected chi connectivity index (χ0v) is 24.7. The highest BCUT2D eigenvalue weighted by molar-refractivity contribution is 6.07. The molecule has 2 aliphatic rings. The fourth-order valence-corrected chi connectivity index (χ4v) is 4.88.